The van der Waals surface area contributed by atoms with E-state index in [0.29, 0.717) is 16.9 Å². The fourth-order valence-corrected chi connectivity index (χ4v) is 1.30. The molecule has 0 aliphatic heterocycles. The molecule has 0 saturated heterocycles. The van der Waals surface area contributed by atoms with Crippen molar-refractivity contribution < 1.29 is 5.11 Å². The van der Waals surface area contributed by atoms with Crippen molar-refractivity contribution in [3.8, 4) is 6.07 Å². The molecule has 86 valence electrons. The van der Waals surface area contributed by atoms with Gasteiger partial charge in [0.2, 0.25) is 0 Å². The largest absolute Gasteiger partial charge is 0.397 e. The predicted molar refractivity (Wildman–Crippen MR) is 65.0 cm³/mol. The van der Waals surface area contributed by atoms with E-state index in [1.54, 1.807) is 18.2 Å². The lowest BCUT2D eigenvalue weighted by Gasteiger charge is -2.29. The van der Waals surface area contributed by atoms with Crippen LogP contribution in [0.15, 0.2) is 18.2 Å². The fourth-order valence-electron chi connectivity index (χ4n) is 1.30. The zero-order valence-corrected chi connectivity index (χ0v) is 9.62. The summed E-state index contributed by atoms with van der Waals surface area (Å²) in [5.41, 5.74) is 7.21. The molecule has 0 bridgehead atoms. The van der Waals surface area contributed by atoms with Crippen LogP contribution in [0, 0.1) is 11.3 Å². The van der Waals surface area contributed by atoms with Crippen LogP contribution in [-0.4, -0.2) is 17.3 Å². The minimum Gasteiger partial charge on any atom is -0.397 e. The number of nitrogens with one attached hydrogen (secondary N) is 1. The van der Waals surface area contributed by atoms with E-state index in [2.05, 4.69) is 11.4 Å². The lowest BCUT2D eigenvalue weighted by Crippen LogP contribution is -2.38. The summed E-state index contributed by atoms with van der Waals surface area (Å²) in [6, 6.07) is 7.11. The first-order valence-corrected chi connectivity index (χ1v) is 5.23. The highest BCUT2D eigenvalue weighted by molar-refractivity contribution is 5.69. The first-order valence-electron chi connectivity index (χ1n) is 5.23. The Bertz CT molecular complexity index is 405. The van der Waals surface area contributed by atoms with Gasteiger partial charge in [0.25, 0.3) is 0 Å². The van der Waals surface area contributed by atoms with Gasteiger partial charge in [0.1, 0.15) is 0 Å². The van der Waals surface area contributed by atoms with E-state index in [1.165, 1.54) is 0 Å². The zero-order chi connectivity index (χ0) is 12.2. The van der Waals surface area contributed by atoms with Crippen LogP contribution < -0.4 is 11.1 Å². The molecule has 1 rings (SSSR count). The molecular weight excluding hydrogens is 202 g/mol. The van der Waals surface area contributed by atoms with Gasteiger partial charge in [0, 0.05) is 0 Å². The SMILES string of the molecule is CCC(C)(CO)Nc1cc(C#N)ccc1N. The van der Waals surface area contributed by atoms with Gasteiger partial charge < -0.3 is 16.2 Å². The van der Waals surface area contributed by atoms with Crippen LogP contribution in [0.4, 0.5) is 11.4 Å². The number of aliphatic hydroxyl groups excluding tert-OH is 1. The number of nitriles is 1. The maximum atomic E-state index is 9.30. The van der Waals surface area contributed by atoms with E-state index in [1.807, 2.05) is 13.8 Å². The summed E-state index contributed by atoms with van der Waals surface area (Å²) in [6.45, 7) is 3.90. The standard InChI is InChI=1S/C12H17N3O/c1-3-12(2,8-16)15-11-6-9(7-13)4-5-10(11)14/h4-6,15-16H,3,8,14H2,1-2H3. The number of benzene rings is 1. The number of rotatable bonds is 4. The molecule has 0 aliphatic rings. The summed E-state index contributed by atoms with van der Waals surface area (Å²) in [6.07, 6.45) is 0.764. The summed E-state index contributed by atoms with van der Waals surface area (Å²) in [5, 5.41) is 21.3. The number of aliphatic hydroxyl groups is 1. The molecule has 0 aliphatic carbocycles. The van der Waals surface area contributed by atoms with Gasteiger partial charge in [-0.1, -0.05) is 6.92 Å². The third-order valence-electron chi connectivity index (χ3n) is 2.75. The molecule has 1 atom stereocenters. The van der Waals surface area contributed by atoms with Gasteiger partial charge in [-0.3, -0.25) is 0 Å². The Morgan fingerprint density at radius 3 is 2.75 bits per heavy atom. The van der Waals surface area contributed by atoms with Gasteiger partial charge >= 0.3 is 0 Å². The van der Waals surface area contributed by atoms with Gasteiger partial charge in [-0.25, -0.2) is 0 Å². The molecule has 0 heterocycles. The Hall–Kier alpha value is -1.73. The van der Waals surface area contributed by atoms with Crippen molar-refractivity contribution in [2.75, 3.05) is 17.7 Å². The van der Waals surface area contributed by atoms with Crippen LogP contribution in [0.5, 0.6) is 0 Å². The summed E-state index contributed by atoms with van der Waals surface area (Å²) < 4.78 is 0. The molecule has 0 saturated carbocycles. The van der Waals surface area contributed by atoms with Gasteiger partial charge in [0.15, 0.2) is 0 Å². The second-order valence-corrected chi connectivity index (χ2v) is 4.11. The number of nitrogen functional groups attached to an aromatic ring is 1. The summed E-state index contributed by atoms with van der Waals surface area (Å²) >= 11 is 0. The monoisotopic (exact) mass is 219 g/mol. The molecular formula is C12H17N3O. The second kappa shape index (κ2) is 4.86. The smallest absolute Gasteiger partial charge is 0.0992 e. The lowest BCUT2D eigenvalue weighted by molar-refractivity contribution is 0.219. The van der Waals surface area contributed by atoms with E-state index < -0.39 is 5.54 Å². The lowest BCUT2D eigenvalue weighted by atomic mass is 9.99. The Balaban J connectivity index is 3.01. The number of nitrogens with two attached hydrogens (primary N) is 1. The molecule has 1 unspecified atom stereocenters. The Morgan fingerprint density at radius 2 is 2.25 bits per heavy atom. The van der Waals surface area contributed by atoms with Gasteiger partial charge in [-0.05, 0) is 31.5 Å². The first kappa shape index (κ1) is 12.3. The number of hydrogen-bond acceptors (Lipinski definition) is 4. The third-order valence-corrected chi connectivity index (χ3v) is 2.75. The topological polar surface area (TPSA) is 82.1 Å². The van der Waals surface area contributed by atoms with Crippen molar-refractivity contribution in [1.82, 2.24) is 0 Å². The Kier molecular flexibility index (Phi) is 3.75. The molecule has 0 amide bonds. The van der Waals surface area contributed by atoms with Gasteiger partial charge in [-0.2, -0.15) is 5.26 Å². The van der Waals surface area contributed by atoms with Crippen LogP contribution in [0.2, 0.25) is 0 Å². The highest BCUT2D eigenvalue weighted by Crippen LogP contribution is 2.24. The van der Waals surface area contributed by atoms with Crippen molar-refractivity contribution >= 4 is 11.4 Å². The van der Waals surface area contributed by atoms with Crippen LogP contribution in [0.1, 0.15) is 25.8 Å². The summed E-state index contributed by atoms with van der Waals surface area (Å²) in [4.78, 5) is 0. The van der Waals surface area contributed by atoms with E-state index in [9.17, 15) is 5.11 Å². The van der Waals surface area contributed by atoms with Crippen molar-refractivity contribution in [3.05, 3.63) is 23.8 Å². The minimum atomic E-state index is -0.414. The van der Waals surface area contributed by atoms with E-state index in [0.717, 1.165) is 6.42 Å². The number of nitrogens with zero attached hydrogens (tertiary/aromatic N) is 1. The molecule has 1 aromatic carbocycles. The maximum Gasteiger partial charge on any atom is 0.0992 e. The summed E-state index contributed by atoms with van der Waals surface area (Å²) in [7, 11) is 0. The zero-order valence-electron chi connectivity index (χ0n) is 9.62. The molecule has 0 spiro atoms. The fraction of sp³-hybridized carbons (Fsp3) is 0.417. The molecule has 4 N–H and O–H groups in total. The molecule has 16 heavy (non-hydrogen) atoms. The van der Waals surface area contributed by atoms with Gasteiger partial charge in [0.05, 0.1) is 35.2 Å². The molecule has 4 heteroatoms. The van der Waals surface area contributed by atoms with Crippen molar-refractivity contribution in [2.24, 2.45) is 0 Å². The van der Waals surface area contributed by atoms with E-state index in [-0.39, 0.29) is 6.61 Å². The second-order valence-electron chi connectivity index (χ2n) is 4.11. The average molecular weight is 219 g/mol. The first-order chi connectivity index (χ1) is 7.54. The van der Waals surface area contributed by atoms with Crippen LogP contribution >= 0.6 is 0 Å². The Morgan fingerprint density at radius 1 is 1.56 bits per heavy atom. The van der Waals surface area contributed by atoms with Gasteiger partial charge in [-0.15, -0.1) is 0 Å². The third kappa shape index (κ3) is 2.65. The Labute approximate surface area is 95.7 Å². The minimum absolute atomic E-state index is 0.0136. The number of hydrogen-bond donors (Lipinski definition) is 3. The highest BCUT2D eigenvalue weighted by Gasteiger charge is 2.21. The molecule has 0 aromatic heterocycles. The number of anilines is 2. The summed E-state index contributed by atoms with van der Waals surface area (Å²) in [5.74, 6) is 0. The van der Waals surface area contributed by atoms with Crippen molar-refractivity contribution in [1.29, 1.82) is 5.26 Å². The van der Waals surface area contributed by atoms with E-state index in [4.69, 9.17) is 11.0 Å². The van der Waals surface area contributed by atoms with Crippen molar-refractivity contribution in [3.63, 3.8) is 0 Å². The van der Waals surface area contributed by atoms with Crippen LogP contribution in [0.25, 0.3) is 0 Å². The maximum absolute atomic E-state index is 9.30. The molecule has 1 aromatic rings. The quantitative estimate of drug-likeness (QED) is 0.673. The molecule has 0 fully saturated rings. The highest BCUT2D eigenvalue weighted by atomic mass is 16.3. The predicted octanol–water partition coefficient (Wildman–Crippen LogP) is 1.71. The van der Waals surface area contributed by atoms with Crippen LogP contribution in [0.3, 0.4) is 0 Å². The normalized spacial score (nSPS) is 13.9. The van der Waals surface area contributed by atoms with E-state index >= 15 is 0 Å². The molecule has 4 nitrogen and oxygen atoms in total. The van der Waals surface area contributed by atoms with Crippen LogP contribution in [-0.2, 0) is 0 Å². The average Bonchev–Trinajstić information content (AvgIpc) is 2.32. The van der Waals surface area contributed by atoms with Crippen molar-refractivity contribution in [2.45, 2.75) is 25.8 Å². The molecule has 0 radical (unpaired) electrons.